The first-order chi connectivity index (χ1) is 8.69. The molecule has 0 amide bonds. The van der Waals surface area contributed by atoms with Crippen molar-refractivity contribution in [3.8, 4) is 5.75 Å². The topological polar surface area (TPSA) is 38.3 Å². The van der Waals surface area contributed by atoms with Gasteiger partial charge in [0, 0.05) is 0 Å². The lowest BCUT2D eigenvalue weighted by atomic mass is 9.86. The molecule has 0 aromatic heterocycles. The SMILES string of the molecule is CNCC(=O)c1c2c(cc(Br)c1OC)CCCC2. The lowest BCUT2D eigenvalue weighted by Crippen LogP contribution is -2.22. The summed E-state index contributed by atoms with van der Waals surface area (Å²) in [6.07, 6.45) is 4.38. The summed E-state index contributed by atoms with van der Waals surface area (Å²) >= 11 is 3.51. The number of ketones is 1. The van der Waals surface area contributed by atoms with E-state index >= 15 is 0 Å². The lowest BCUT2D eigenvalue weighted by Gasteiger charge is -2.22. The van der Waals surface area contributed by atoms with E-state index in [1.165, 1.54) is 17.5 Å². The number of likely N-dealkylation sites (N-methyl/N-ethyl adjacent to an activating group) is 1. The van der Waals surface area contributed by atoms with Crippen molar-refractivity contribution in [1.82, 2.24) is 5.32 Å². The number of hydrogen-bond acceptors (Lipinski definition) is 3. The van der Waals surface area contributed by atoms with Crippen LogP contribution in [-0.2, 0) is 12.8 Å². The van der Waals surface area contributed by atoms with Gasteiger partial charge in [0.2, 0.25) is 0 Å². The van der Waals surface area contributed by atoms with Gasteiger partial charge in [-0.05, 0) is 65.9 Å². The number of methoxy groups -OCH3 is 1. The quantitative estimate of drug-likeness (QED) is 0.869. The summed E-state index contributed by atoms with van der Waals surface area (Å²) in [6.45, 7) is 0.346. The fourth-order valence-electron chi connectivity index (χ4n) is 2.59. The normalized spacial score (nSPS) is 14.2. The molecule has 0 saturated carbocycles. The second kappa shape index (κ2) is 5.85. The van der Waals surface area contributed by atoms with Crippen molar-refractivity contribution < 1.29 is 9.53 Å². The Labute approximate surface area is 116 Å². The van der Waals surface area contributed by atoms with Crippen LogP contribution in [0.3, 0.4) is 0 Å². The van der Waals surface area contributed by atoms with Gasteiger partial charge in [0.1, 0.15) is 5.75 Å². The number of hydrogen-bond donors (Lipinski definition) is 1. The Morgan fingerprint density at radius 3 is 2.83 bits per heavy atom. The van der Waals surface area contributed by atoms with Crippen LogP contribution < -0.4 is 10.1 Å². The molecule has 1 aromatic carbocycles. The molecule has 0 fully saturated rings. The third-order valence-electron chi connectivity index (χ3n) is 3.38. The predicted octanol–water partition coefficient (Wildman–Crippen LogP) is 2.74. The van der Waals surface area contributed by atoms with Crippen LogP contribution in [0, 0.1) is 0 Å². The number of rotatable bonds is 4. The van der Waals surface area contributed by atoms with Crippen LogP contribution in [0.2, 0.25) is 0 Å². The van der Waals surface area contributed by atoms with E-state index < -0.39 is 0 Å². The number of benzene rings is 1. The van der Waals surface area contributed by atoms with Gasteiger partial charge in [-0.15, -0.1) is 0 Å². The first-order valence-electron chi connectivity index (χ1n) is 6.25. The zero-order valence-electron chi connectivity index (χ0n) is 10.8. The minimum atomic E-state index is 0.105. The third kappa shape index (κ3) is 2.45. The molecule has 2 rings (SSSR count). The molecule has 1 aliphatic rings. The van der Waals surface area contributed by atoms with Gasteiger partial charge in [0.15, 0.2) is 5.78 Å². The van der Waals surface area contributed by atoms with Crippen molar-refractivity contribution in [3.05, 3.63) is 27.2 Å². The third-order valence-corrected chi connectivity index (χ3v) is 3.97. The van der Waals surface area contributed by atoms with Gasteiger partial charge in [-0.2, -0.15) is 0 Å². The summed E-state index contributed by atoms with van der Waals surface area (Å²) < 4.78 is 6.29. The number of halogens is 1. The Morgan fingerprint density at radius 1 is 1.44 bits per heavy atom. The van der Waals surface area contributed by atoms with Crippen molar-refractivity contribution >= 4 is 21.7 Å². The van der Waals surface area contributed by atoms with Gasteiger partial charge in [-0.3, -0.25) is 4.79 Å². The predicted molar refractivity (Wildman–Crippen MR) is 75.6 cm³/mol. The Kier molecular flexibility index (Phi) is 4.40. The first kappa shape index (κ1) is 13.6. The molecule has 1 aromatic rings. The average Bonchev–Trinajstić information content (AvgIpc) is 2.37. The molecule has 98 valence electrons. The van der Waals surface area contributed by atoms with Crippen LogP contribution in [0.1, 0.15) is 34.3 Å². The fourth-order valence-corrected chi connectivity index (χ4v) is 3.23. The van der Waals surface area contributed by atoms with Crippen LogP contribution in [-0.4, -0.2) is 26.5 Å². The molecule has 0 saturated heterocycles. The Bertz CT molecular complexity index is 471. The van der Waals surface area contributed by atoms with Gasteiger partial charge in [0.25, 0.3) is 0 Å². The highest BCUT2D eigenvalue weighted by Crippen LogP contribution is 2.37. The molecule has 18 heavy (non-hydrogen) atoms. The molecule has 1 aliphatic carbocycles. The average molecular weight is 312 g/mol. The number of nitrogens with one attached hydrogen (secondary N) is 1. The van der Waals surface area contributed by atoms with E-state index in [0.717, 1.165) is 29.3 Å². The number of fused-ring (bicyclic) bond motifs is 1. The number of Topliss-reactive ketones (excluding diaryl/α,β-unsaturated/α-hetero) is 1. The van der Waals surface area contributed by atoms with Crippen LogP contribution >= 0.6 is 15.9 Å². The summed E-state index contributed by atoms with van der Waals surface area (Å²) in [5, 5.41) is 2.92. The molecule has 1 N–H and O–H groups in total. The summed E-state index contributed by atoms with van der Waals surface area (Å²) in [5.74, 6) is 0.782. The molecule has 0 unspecified atom stereocenters. The number of carbonyl (C=O) groups is 1. The van der Waals surface area contributed by atoms with Gasteiger partial charge in [-0.25, -0.2) is 0 Å². The smallest absolute Gasteiger partial charge is 0.180 e. The van der Waals surface area contributed by atoms with Gasteiger partial charge in [0.05, 0.1) is 23.7 Å². The highest BCUT2D eigenvalue weighted by molar-refractivity contribution is 9.10. The molecule has 0 heterocycles. The molecular formula is C14H18BrNO2. The molecule has 0 radical (unpaired) electrons. The lowest BCUT2D eigenvalue weighted by molar-refractivity contribution is 0.0989. The van der Waals surface area contributed by atoms with E-state index in [-0.39, 0.29) is 5.78 Å². The molecule has 0 aliphatic heterocycles. The minimum Gasteiger partial charge on any atom is -0.495 e. The number of aryl methyl sites for hydroxylation is 1. The Balaban J connectivity index is 2.58. The van der Waals surface area contributed by atoms with E-state index in [0.29, 0.717) is 12.3 Å². The maximum atomic E-state index is 12.3. The summed E-state index contributed by atoms with van der Waals surface area (Å²) in [6, 6.07) is 2.10. The van der Waals surface area contributed by atoms with Gasteiger partial charge >= 0.3 is 0 Å². The first-order valence-corrected chi connectivity index (χ1v) is 7.04. The van der Waals surface area contributed by atoms with Crippen molar-refractivity contribution in [2.45, 2.75) is 25.7 Å². The van der Waals surface area contributed by atoms with Crippen molar-refractivity contribution in [3.63, 3.8) is 0 Å². The maximum absolute atomic E-state index is 12.3. The zero-order valence-corrected chi connectivity index (χ0v) is 12.4. The van der Waals surface area contributed by atoms with Crippen LogP contribution in [0.4, 0.5) is 0 Å². The van der Waals surface area contributed by atoms with Crippen molar-refractivity contribution in [2.24, 2.45) is 0 Å². The molecular weight excluding hydrogens is 294 g/mol. The molecule has 0 bridgehead atoms. The largest absolute Gasteiger partial charge is 0.495 e. The van der Waals surface area contributed by atoms with E-state index in [4.69, 9.17) is 4.74 Å². The zero-order chi connectivity index (χ0) is 13.1. The molecule has 0 atom stereocenters. The van der Waals surface area contributed by atoms with Gasteiger partial charge < -0.3 is 10.1 Å². The summed E-state index contributed by atoms with van der Waals surface area (Å²) in [7, 11) is 3.40. The van der Waals surface area contributed by atoms with Gasteiger partial charge in [-0.1, -0.05) is 0 Å². The second-order valence-electron chi connectivity index (χ2n) is 4.56. The van der Waals surface area contributed by atoms with E-state index in [1.807, 2.05) is 0 Å². The van der Waals surface area contributed by atoms with E-state index in [2.05, 4.69) is 27.3 Å². The summed E-state index contributed by atoms with van der Waals surface area (Å²) in [5.41, 5.74) is 3.23. The number of carbonyl (C=O) groups excluding carboxylic acids is 1. The van der Waals surface area contributed by atoms with E-state index in [9.17, 15) is 4.79 Å². The van der Waals surface area contributed by atoms with E-state index in [1.54, 1.807) is 14.2 Å². The monoisotopic (exact) mass is 311 g/mol. The minimum absolute atomic E-state index is 0.105. The standard InChI is InChI=1S/C14H18BrNO2/c1-16-8-12(17)13-10-6-4-3-5-9(10)7-11(15)14(13)18-2/h7,16H,3-6,8H2,1-2H3. The fraction of sp³-hybridized carbons (Fsp3) is 0.500. The molecule has 3 nitrogen and oxygen atoms in total. The second-order valence-corrected chi connectivity index (χ2v) is 5.42. The van der Waals surface area contributed by atoms with Crippen LogP contribution in [0.15, 0.2) is 10.5 Å². The molecule has 4 heteroatoms. The number of ether oxygens (including phenoxy) is 1. The Morgan fingerprint density at radius 2 is 2.17 bits per heavy atom. The van der Waals surface area contributed by atoms with Crippen molar-refractivity contribution in [1.29, 1.82) is 0 Å². The maximum Gasteiger partial charge on any atom is 0.180 e. The van der Waals surface area contributed by atoms with Crippen molar-refractivity contribution in [2.75, 3.05) is 20.7 Å². The Hall–Kier alpha value is -0.870. The summed E-state index contributed by atoms with van der Waals surface area (Å²) in [4.78, 5) is 12.3. The highest BCUT2D eigenvalue weighted by Gasteiger charge is 2.24. The van der Waals surface area contributed by atoms with Crippen LogP contribution in [0.5, 0.6) is 5.75 Å². The molecule has 0 spiro atoms. The highest BCUT2D eigenvalue weighted by atomic mass is 79.9. The van der Waals surface area contributed by atoms with Crippen LogP contribution in [0.25, 0.3) is 0 Å².